The molecule has 22 heavy (non-hydrogen) atoms. The molecule has 2 amide bonds. The molecule has 1 aromatic heterocycles. The lowest BCUT2D eigenvalue weighted by atomic mass is 10.0. The summed E-state index contributed by atoms with van der Waals surface area (Å²) in [5.74, 6) is 0.173. The minimum Gasteiger partial charge on any atom is -0.724 e. The number of amides is 2. The molecule has 13 heteroatoms. The van der Waals surface area contributed by atoms with Gasteiger partial charge in [0.1, 0.15) is 12.6 Å². The molecule has 0 aromatic carbocycles. The maximum Gasteiger partial charge on any atom is 0.346 e. The molecule has 2 bridgehead atoms. The molecule has 2 saturated heterocycles. The third-order valence-electron chi connectivity index (χ3n) is 3.40. The molecule has 2 fully saturated rings. The van der Waals surface area contributed by atoms with Gasteiger partial charge in [-0.1, -0.05) is 0 Å². The number of hydrogen-bond acceptors (Lipinski definition) is 9. The SMILES string of the molecule is O=C1N2C[C@@H](CC[C@H]2c2nnc(CO)o2)N1OS(=O)(=O)[O-].[NH4+]. The van der Waals surface area contributed by atoms with Crippen molar-refractivity contribution in [3.63, 3.8) is 0 Å². The fourth-order valence-electron chi connectivity index (χ4n) is 2.55. The maximum atomic E-state index is 12.1. The quantitative estimate of drug-likeness (QED) is 0.527. The first-order valence-electron chi connectivity index (χ1n) is 6.07. The molecule has 12 nitrogen and oxygen atoms in total. The Labute approximate surface area is 125 Å². The van der Waals surface area contributed by atoms with Crippen molar-refractivity contribution < 1.29 is 31.6 Å². The summed E-state index contributed by atoms with van der Waals surface area (Å²) in [4.78, 5) is 13.4. The molecule has 124 valence electrons. The number of urea groups is 1. The predicted molar refractivity (Wildman–Crippen MR) is 66.7 cm³/mol. The molecule has 1 aromatic rings. The number of aromatic nitrogens is 2. The first-order chi connectivity index (χ1) is 9.89. The highest BCUT2D eigenvalue weighted by Crippen LogP contribution is 2.38. The Bertz CT molecular complexity index is 661. The number of carbonyl (C=O) groups is 1. The van der Waals surface area contributed by atoms with Crippen LogP contribution in [0, 0.1) is 0 Å². The van der Waals surface area contributed by atoms with Crippen LogP contribution in [-0.4, -0.2) is 56.9 Å². The van der Waals surface area contributed by atoms with Crippen molar-refractivity contribution in [1.82, 2.24) is 26.3 Å². The van der Waals surface area contributed by atoms with E-state index in [4.69, 9.17) is 9.52 Å². The lowest BCUT2D eigenvalue weighted by molar-refractivity contribution is -0.0328. The molecule has 2 aliphatic rings. The Morgan fingerprint density at radius 3 is 2.73 bits per heavy atom. The predicted octanol–water partition coefficient (Wildman–Crippen LogP) is -0.729. The Morgan fingerprint density at radius 1 is 1.41 bits per heavy atom. The average Bonchev–Trinajstić information content (AvgIpc) is 2.98. The molecule has 5 N–H and O–H groups in total. The minimum atomic E-state index is -5.02. The summed E-state index contributed by atoms with van der Waals surface area (Å²) in [5, 5.41) is 16.8. The van der Waals surface area contributed by atoms with E-state index in [2.05, 4.69) is 14.5 Å². The zero-order valence-corrected chi connectivity index (χ0v) is 12.4. The van der Waals surface area contributed by atoms with Gasteiger partial charge in [-0.05, 0) is 12.8 Å². The highest BCUT2D eigenvalue weighted by atomic mass is 32.3. The lowest BCUT2D eigenvalue weighted by Crippen LogP contribution is -2.35. The van der Waals surface area contributed by atoms with E-state index in [1.54, 1.807) is 0 Å². The van der Waals surface area contributed by atoms with Crippen LogP contribution in [0.1, 0.15) is 30.7 Å². The Kier molecular flexibility index (Phi) is 4.35. The summed E-state index contributed by atoms with van der Waals surface area (Å²) >= 11 is 0. The molecule has 2 atom stereocenters. The van der Waals surface area contributed by atoms with Crippen molar-refractivity contribution in [2.75, 3.05) is 6.54 Å². The number of aliphatic hydroxyl groups excluding tert-OH is 1. The number of rotatable bonds is 4. The van der Waals surface area contributed by atoms with Gasteiger partial charge in [-0.2, -0.15) is 9.35 Å². The van der Waals surface area contributed by atoms with Crippen molar-refractivity contribution in [2.24, 2.45) is 0 Å². The van der Waals surface area contributed by atoms with E-state index in [1.165, 1.54) is 4.90 Å². The smallest absolute Gasteiger partial charge is 0.346 e. The molecule has 0 radical (unpaired) electrons. The van der Waals surface area contributed by atoms with E-state index >= 15 is 0 Å². The van der Waals surface area contributed by atoms with E-state index in [9.17, 15) is 17.8 Å². The lowest BCUT2D eigenvalue weighted by Gasteiger charge is -2.27. The largest absolute Gasteiger partial charge is 0.724 e. The molecule has 3 rings (SSSR count). The van der Waals surface area contributed by atoms with Gasteiger partial charge in [0.25, 0.3) is 0 Å². The van der Waals surface area contributed by atoms with Gasteiger partial charge in [-0.25, -0.2) is 13.2 Å². The summed E-state index contributed by atoms with van der Waals surface area (Å²) in [5.41, 5.74) is 0. The number of carbonyl (C=O) groups excluding carboxylic acids is 1. The van der Waals surface area contributed by atoms with E-state index < -0.39 is 35.1 Å². The summed E-state index contributed by atoms with van der Waals surface area (Å²) in [6, 6.07) is -1.80. The second kappa shape index (κ2) is 5.77. The van der Waals surface area contributed by atoms with Crippen LogP contribution in [0.5, 0.6) is 0 Å². The Hall–Kier alpha value is -1.80. The average molecular weight is 337 g/mol. The fraction of sp³-hybridized carbons (Fsp3) is 0.667. The van der Waals surface area contributed by atoms with Gasteiger partial charge < -0.3 is 25.1 Å². The number of hydrogen-bond donors (Lipinski definition) is 2. The van der Waals surface area contributed by atoms with Gasteiger partial charge in [0.05, 0.1) is 6.04 Å². The van der Waals surface area contributed by atoms with Gasteiger partial charge in [0.15, 0.2) is 0 Å². The third kappa shape index (κ3) is 2.89. The third-order valence-corrected chi connectivity index (χ3v) is 3.74. The van der Waals surface area contributed by atoms with Crippen LogP contribution in [0.4, 0.5) is 4.79 Å². The molecular formula is C9H15N5O7S. The van der Waals surface area contributed by atoms with E-state index in [1.807, 2.05) is 0 Å². The van der Waals surface area contributed by atoms with Crippen molar-refractivity contribution in [2.45, 2.75) is 31.5 Å². The zero-order valence-electron chi connectivity index (χ0n) is 11.6. The Balaban J connectivity index is 0.00000176. The number of piperidine rings is 1. The highest BCUT2D eigenvalue weighted by Gasteiger charge is 2.48. The zero-order chi connectivity index (χ0) is 15.2. The van der Waals surface area contributed by atoms with Gasteiger partial charge in [0.2, 0.25) is 22.2 Å². The summed E-state index contributed by atoms with van der Waals surface area (Å²) in [6.45, 7) is -0.226. The highest BCUT2D eigenvalue weighted by molar-refractivity contribution is 7.80. The number of hydroxylamine groups is 2. The van der Waals surface area contributed by atoms with Gasteiger partial charge >= 0.3 is 6.03 Å². The van der Waals surface area contributed by atoms with Crippen molar-refractivity contribution in [1.29, 1.82) is 0 Å². The minimum absolute atomic E-state index is 0. The second-order valence-electron chi connectivity index (χ2n) is 4.68. The van der Waals surface area contributed by atoms with Gasteiger partial charge in [-0.3, -0.25) is 0 Å². The normalized spacial score (nSPS) is 24.5. The number of fused-ring (bicyclic) bond motifs is 2. The summed E-state index contributed by atoms with van der Waals surface area (Å²) in [7, 11) is -5.02. The molecule has 0 unspecified atom stereocenters. The van der Waals surface area contributed by atoms with E-state index in [0.29, 0.717) is 17.9 Å². The fourth-order valence-corrected chi connectivity index (χ4v) is 2.93. The monoisotopic (exact) mass is 337 g/mol. The van der Waals surface area contributed by atoms with Crippen LogP contribution in [0.2, 0.25) is 0 Å². The Morgan fingerprint density at radius 2 is 2.14 bits per heavy atom. The van der Waals surface area contributed by atoms with Crippen LogP contribution in [-0.2, 0) is 21.3 Å². The molecule has 0 saturated carbocycles. The van der Waals surface area contributed by atoms with Crippen LogP contribution >= 0.6 is 0 Å². The topological polar surface area (TPSA) is 186 Å². The summed E-state index contributed by atoms with van der Waals surface area (Å²) in [6.07, 6.45) is 0.863. The maximum absolute atomic E-state index is 12.1. The first kappa shape index (κ1) is 16.6. The van der Waals surface area contributed by atoms with Crippen molar-refractivity contribution >= 4 is 16.4 Å². The molecule has 2 aliphatic heterocycles. The van der Waals surface area contributed by atoms with E-state index in [-0.39, 0.29) is 24.5 Å². The van der Waals surface area contributed by atoms with Crippen LogP contribution in [0.3, 0.4) is 0 Å². The number of quaternary nitrogens is 1. The van der Waals surface area contributed by atoms with Crippen LogP contribution < -0.4 is 6.15 Å². The number of nitrogens with zero attached hydrogens (tertiary/aromatic N) is 4. The van der Waals surface area contributed by atoms with Gasteiger partial charge in [0, 0.05) is 6.54 Å². The van der Waals surface area contributed by atoms with Crippen LogP contribution in [0.25, 0.3) is 0 Å². The second-order valence-corrected chi connectivity index (χ2v) is 5.65. The standard InChI is InChI=1S/C9H12N4O7S.H3N/c14-4-7-10-11-8(19-7)6-2-1-5-3-12(6)9(15)13(5)20-21(16,17)18;/h5-6,14H,1-4H2,(H,16,17,18);1H3/t5-,6+;/m1./s1. The summed E-state index contributed by atoms with van der Waals surface area (Å²) < 4.78 is 41.4. The van der Waals surface area contributed by atoms with Gasteiger partial charge in [-0.15, -0.1) is 10.2 Å². The number of aliphatic hydroxyl groups is 1. The first-order valence-corrected chi connectivity index (χ1v) is 7.41. The molecule has 0 aliphatic carbocycles. The van der Waals surface area contributed by atoms with Crippen molar-refractivity contribution in [3.8, 4) is 0 Å². The molecular weight excluding hydrogens is 322 g/mol. The van der Waals surface area contributed by atoms with Crippen molar-refractivity contribution in [3.05, 3.63) is 11.8 Å². The van der Waals surface area contributed by atoms with Crippen LogP contribution in [0.15, 0.2) is 4.42 Å². The molecule has 0 spiro atoms. The molecule has 3 heterocycles. The van der Waals surface area contributed by atoms with E-state index in [0.717, 1.165) is 0 Å².